The van der Waals surface area contributed by atoms with Crippen LogP contribution in [0.1, 0.15) is 10.4 Å². The third kappa shape index (κ3) is 3.64. The lowest BCUT2D eigenvalue weighted by atomic mass is 10.1. The molecule has 2 aromatic rings. The van der Waals surface area contributed by atoms with Crippen LogP contribution in [0, 0.1) is 5.82 Å². The third-order valence-electron chi connectivity index (χ3n) is 2.78. The predicted molar refractivity (Wildman–Crippen MR) is 78.1 cm³/mol. The van der Waals surface area contributed by atoms with Gasteiger partial charge in [-0.15, -0.1) is 0 Å². The van der Waals surface area contributed by atoms with Crippen molar-refractivity contribution in [1.29, 1.82) is 0 Å². The number of hydrogen-bond donors (Lipinski definition) is 0. The van der Waals surface area contributed by atoms with Gasteiger partial charge in [0.2, 0.25) is 0 Å². The van der Waals surface area contributed by atoms with Crippen molar-refractivity contribution in [3.8, 4) is 0 Å². The van der Waals surface area contributed by atoms with Crippen LogP contribution in [0.2, 0.25) is 0 Å². The van der Waals surface area contributed by atoms with Crippen molar-refractivity contribution in [3.05, 3.63) is 64.4 Å². The first-order valence-corrected chi connectivity index (χ1v) is 6.61. The third-order valence-corrected chi connectivity index (χ3v) is 3.27. The highest BCUT2D eigenvalue weighted by atomic mass is 79.9. The summed E-state index contributed by atoms with van der Waals surface area (Å²) in [6.07, 6.45) is 0. The first-order chi connectivity index (χ1) is 9.06. The predicted octanol–water partition coefficient (Wildman–Crippen LogP) is 3.91. The van der Waals surface area contributed by atoms with Crippen molar-refractivity contribution < 1.29 is 9.18 Å². The van der Waals surface area contributed by atoms with Crippen molar-refractivity contribution >= 4 is 27.4 Å². The van der Waals surface area contributed by atoms with Crippen molar-refractivity contribution in [1.82, 2.24) is 0 Å². The van der Waals surface area contributed by atoms with E-state index in [0.29, 0.717) is 11.3 Å². The Kier molecular flexibility index (Phi) is 4.32. The number of likely N-dealkylation sites (N-methyl/N-ethyl adjacent to an activating group) is 1. The van der Waals surface area contributed by atoms with Gasteiger partial charge in [-0.2, -0.15) is 0 Å². The minimum atomic E-state index is -0.306. The normalized spacial score (nSPS) is 10.3. The second kappa shape index (κ2) is 5.97. The molecular weight excluding hydrogens is 309 g/mol. The van der Waals surface area contributed by atoms with Crippen LogP contribution in [0.5, 0.6) is 0 Å². The van der Waals surface area contributed by atoms with E-state index in [1.807, 2.05) is 12.1 Å². The minimum absolute atomic E-state index is 0.00642. The van der Waals surface area contributed by atoms with Crippen LogP contribution in [-0.4, -0.2) is 19.4 Å². The summed E-state index contributed by atoms with van der Waals surface area (Å²) in [4.78, 5) is 13.8. The van der Waals surface area contributed by atoms with E-state index in [1.165, 1.54) is 12.1 Å². The minimum Gasteiger partial charge on any atom is -0.367 e. The number of hydrogen-bond acceptors (Lipinski definition) is 2. The van der Waals surface area contributed by atoms with Crippen LogP contribution in [0.3, 0.4) is 0 Å². The van der Waals surface area contributed by atoms with Gasteiger partial charge in [0, 0.05) is 22.8 Å². The van der Waals surface area contributed by atoms with Gasteiger partial charge in [-0.05, 0) is 30.3 Å². The van der Waals surface area contributed by atoms with E-state index in [4.69, 9.17) is 0 Å². The maximum absolute atomic E-state index is 13.1. The van der Waals surface area contributed by atoms with Crippen LogP contribution < -0.4 is 4.90 Å². The van der Waals surface area contributed by atoms with Crippen LogP contribution in [0.25, 0.3) is 0 Å². The first-order valence-electron chi connectivity index (χ1n) is 5.82. The van der Waals surface area contributed by atoms with E-state index in [1.54, 1.807) is 36.2 Å². The monoisotopic (exact) mass is 321 g/mol. The van der Waals surface area contributed by atoms with E-state index in [9.17, 15) is 9.18 Å². The molecule has 0 saturated carbocycles. The molecule has 0 saturated heterocycles. The average molecular weight is 322 g/mol. The number of ketones is 1. The molecule has 0 aliphatic carbocycles. The Morgan fingerprint density at radius 3 is 2.63 bits per heavy atom. The summed E-state index contributed by atoms with van der Waals surface area (Å²) < 4.78 is 14.0. The fourth-order valence-corrected chi connectivity index (χ4v) is 2.17. The molecule has 0 bridgehead atoms. The summed E-state index contributed by atoms with van der Waals surface area (Å²) >= 11 is 3.34. The quantitative estimate of drug-likeness (QED) is 0.796. The fraction of sp³-hybridized carbons (Fsp3) is 0.133. The number of nitrogens with zero attached hydrogens (tertiary/aromatic N) is 1. The number of halogens is 2. The highest BCUT2D eigenvalue weighted by molar-refractivity contribution is 9.10. The molecule has 0 amide bonds. The topological polar surface area (TPSA) is 20.3 Å². The van der Waals surface area contributed by atoms with Gasteiger partial charge in [-0.3, -0.25) is 4.79 Å². The van der Waals surface area contributed by atoms with Gasteiger partial charge in [-0.25, -0.2) is 4.39 Å². The summed E-state index contributed by atoms with van der Waals surface area (Å²) in [5, 5.41) is 0. The molecule has 0 aliphatic rings. The molecular formula is C15H13BrFNO. The Hall–Kier alpha value is -1.68. The van der Waals surface area contributed by atoms with E-state index < -0.39 is 0 Å². The zero-order valence-corrected chi connectivity index (χ0v) is 12.0. The standard InChI is InChI=1S/C15H13BrFNO/c1-18(14-7-3-6-13(17)9-14)10-15(19)11-4-2-5-12(16)8-11/h2-9H,10H2,1H3. The van der Waals surface area contributed by atoms with Crippen LogP contribution in [0.4, 0.5) is 10.1 Å². The summed E-state index contributed by atoms with van der Waals surface area (Å²) in [6, 6.07) is 13.4. The smallest absolute Gasteiger partial charge is 0.182 e. The molecule has 19 heavy (non-hydrogen) atoms. The average Bonchev–Trinajstić information content (AvgIpc) is 2.38. The van der Waals surface area contributed by atoms with Crippen molar-refractivity contribution in [2.24, 2.45) is 0 Å². The highest BCUT2D eigenvalue weighted by Crippen LogP contribution is 2.16. The fourth-order valence-electron chi connectivity index (χ4n) is 1.77. The largest absolute Gasteiger partial charge is 0.367 e. The molecule has 0 radical (unpaired) electrons. The van der Waals surface area contributed by atoms with E-state index in [2.05, 4.69) is 15.9 Å². The molecule has 0 fully saturated rings. The molecule has 0 spiro atoms. The zero-order chi connectivity index (χ0) is 13.8. The van der Waals surface area contributed by atoms with E-state index in [-0.39, 0.29) is 18.1 Å². The van der Waals surface area contributed by atoms with Crippen LogP contribution in [-0.2, 0) is 0 Å². The van der Waals surface area contributed by atoms with Gasteiger partial charge < -0.3 is 4.90 Å². The summed E-state index contributed by atoms with van der Waals surface area (Å²) in [7, 11) is 1.77. The van der Waals surface area contributed by atoms with Gasteiger partial charge in [-0.1, -0.05) is 34.1 Å². The van der Waals surface area contributed by atoms with E-state index in [0.717, 1.165) is 4.47 Å². The number of Topliss-reactive ketones (excluding diaryl/α,β-unsaturated/α-hetero) is 1. The van der Waals surface area contributed by atoms with Crippen molar-refractivity contribution in [2.45, 2.75) is 0 Å². The molecule has 98 valence electrons. The first kappa shape index (κ1) is 13.7. The zero-order valence-electron chi connectivity index (χ0n) is 10.4. The number of carbonyl (C=O) groups excluding carboxylic acids is 1. The van der Waals surface area contributed by atoms with Crippen LogP contribution >= 0.6 is 15.9 Å². The molecule has 4 heteroatoms. The number of carbonyl (C=O) groups is 1. The van der Waals surface area contributed by atoms with Gasteiger partial charge in [0.1, 0.15) is 5.82 Å². The van der Waals surface area contributed by atoms with E-state index >= 15 is 0 Å². The molecule has 0 heterocycles. The SMILES string of the molecule is CN(CC(=O)c1cccc(Br)c1)c1cccc(F)c1. The molecule has 0 aromatic heterocycles. The molecule has 2 aromatic carbocycles. The maximum Gasteiger partial charge on any atom is 0.182 e. The molecule has 0 atom stereocenters. The Bertz CT molecular complexity index is 600. The van der Waals surface area contributed by atoms with Gasteiger partial charge in [0.15, 0.2) is 5.78 Å². The van der Waals surface area contributed by atoms with Crippen molar-refractivity contribution in [2.75, 3.05) is 18.5 Å². The summed E-state index contributed by atoms with van der Waals surface area (Å²) in [5.74, 6) is -0.313. The Morgan fingerprint density at radius 2 is 1.95 bits per heavy atom. The molecule has 2 rings (SSSR count). The van der Waals surface area contributed by atoms with Crippen LogP contribution in [0.15, 0.2) is 53.0 Å². The number of rotatable bonds is 4. The molecule has 0 aliphatic heterocycles. The summed E-state index contributed by atoms with van der Waals surface area (Å²) in [6.45, 7) is 0.208. The number of benzene rings is 2. The lowest BCUT2D eigenvalue weighted by Crippen LogP contribution is -2.25. The molecule has 2 nitrogen and oxygen atoms in total. The van der Waals surface area contributed by atoms with Crippen molar-refractivity contribution in [3.63, 3.8) is 0 Å². The second-order valence-corrected chi connectivity index (χ2v) is 5.19. The summed E-state index contributed by atoms with van der Waals surface area (Å²) in [5.41, 5.74) is 1.32. The molecule has 0 unspecified atom stereocenters. The second-order valence-electron chi connectivity index (χ2n) is 4.27. The Morgan fingerprint density at radius 1 is 1.21 bits per heavy atom. The lowest BCUT2D eigenvalue weighted by molar-refractivity contribution is 0.100. The van der Waals surface area contributed by atoms with Gasteiger partial charge in [0.05, 0.1) is 6.54 Å². The van der Waals surface area contributed by atoms with Gasteiger partial charge >= 0.3 is 0 Å². The Balaban J connectivity index is 2.11. The molecule has 0 N–H and O–H groups in total. The lowest BCUT2D eigenvalue weighted by Gasteiger charge is -2.18. The number of anilines is 1. The maximum atomic E-state index is 13.1. The van der Waals surface area contributed by atoms with Gasteiger partial charge in [0.25, 0.3) is 0 Å². The highest BCUT2D eigenvalue weighted by Gasteiger charge is 2.10. The Labute approximate surface area is 120 Å².